The van der Waals surface area contributed by atoms with Gasteiger partial charge < -0.3 is 24.0 Å². The first-order valence-electron chi connectivity index (χ1n) is 2.99. The summed E-state index contributed by atoms with van der Waals surface area (Å²) in [6.07, 6.45) is 0. The van der Waals surface area contributed by atoms with Crippen molar-refractivity contribution < 1.29 is 24.0 Å². The highest BCUT2D eigenvalue weighted by atomic mass is 31.2. The van der Waals surface area contributed by atoms with E-state index >= 15 is 0 Å². The highest BCUT2D eigenvalue weighted by molar-refractivity contribution is 7.43. The molecule has 1 N–H and O–H groups in total. The molecule has 0 bridgehead atoms. The summed E-state index contributed by atoms with van der Waals surface area (Å²) in [5.41, 5.74) is 0. The van der Waals surface area contributed by atoms with E-state index in [9.17, 15) is 14.4 Å². The maximum Gasteiger partial charge on any atom is 0.165 e. The van der Waals surface area contributed by atoms with Gasteiger partial charge in [-0.1, -0.05) is 12.1 Å². The number of phenols is 1. The molecule has 0 aliphatic rings. The molecule has 0 saturated carbocycles. The molecule has 0 aliphatic carbocycles. The predicted molar refractivity (Wildman–Crippen MR) is 36.3 cm³/mol. The van der Waals surface area contributed by atoms with Crippen molar-refractivity contribution in [2.24, 2.45) is 0 Å². The molecule has 1 rings (SSSR count). The van der Waals surface area contributed by atoms with Crippen LogP contribution in [0.15, 0.2) is 24.3 Å². The molecule has 0 unspecified atom stereocenters. The summed E-state index contributed by atoms with van der Waals surface area (Å²) in [6.45, 7) is 0. The normalized spacial score (nSPS) is 11.2. The van der Waals surface area contributed by atoms with E-state index in [2.05, 4.69) is 4.52 Å². The van der Waals surface area contributed by atoms with Crippen molar-refractivity contribution in [1.29, 1.82) is 0 Å². The van der Waals surface area contributed by atoms with Crippen molar-refractivity contribution in [2.45, 2.75) is 0 Å². The highest BCUT2D eigenvalue weighted by Crippen LogP contribution is 2.34. The Labute approximate surface area is 68.5 Å². The highest BCUT2D eigenvalue weighted by Gasteiger charge is 2.01. The van der Waals surface area contributed by atoms with Crippen LogP contribution in [-0.4, -0.2) is 5.11 Å². The van der Waals surface area contributed by atoms with Gasteiger partial charge in [-0.15, -0.1) is 0 Å². The van der Waals surface area contributed by atoms with Gasteiger partial charge in [0.2, 0.25) is 0 Å². The molecule has 0 amide bonds. The monoisotopic (exact) mass is 188 g/mol. The van der Waals surface area contributed by atoms with Gasteiger partial charge in [-0.3, -0.25) is 0 Å². The molecule has 0 aromatic heterocycles. The molecule has 0 atom stereocenters. The lowest BCUT2D eigenvalue weighted by molar-refractivity contribution is -0.333. The van der Waals surface area contributed by atoms with E-state index in [0.29, 0.717) is 0 Å². The van der Waals surface area contributed by atoms with Crippen LogP contribution < -0.4 is 14.3 Å². The summed E-state index contributed by atoms with van der Waals surface area (Å²) >= 11 is 0. The third kappa shape index (κ3) is 2.54. The third-order valence-electron chi connectivity index (χ3n) is 1.08. The molecule has 0 aliphatic heterocycles. The molecule has 6 heteroatoms. The minimum atomic E-state index is -5.07. The molecular formula is C6H5O5P-2. The Kier molecular flexibility index (Phi) is 2.38. The lowest BCUT2D eigenvalue weighted by atomic mass is 10.3. The lowest BCUT2D eigenvalue weighted by Crippen LogP contribution is -2.18. The van der Waals surface area contributed by atoms with E-state index in [0.717, 1.165) is 0 Å². The zero-order chi connectivity index (χ0) is 9.19. The minimum Gasteiger partial charge on any atom is -0.780 e. The summed E-state index contributed by atoms with van der Waals surface area (Å²) in [4.78, 5) is 20.2. The van der Waals surface area contributed by atoms with Gasteiger partial charge >= 0.3 is 0 Å². The Morgan fingerprint density at radius 3 is 2.42 bits per heavy atom. The van der Waals surface area contributed by atoms with Crippen LogP contribution in [0.4, 0.5) is 0 Å². The summed E-state index contributed by atoms with van der Waals surface area (Å²) in [5.74, 6) is -0.741. The van der Waals surface area contributed by atoms with E-state index < -0.39 is 7.82 Å². The number of phosphoric ester groups is 1. The molecule has 66 valence electrons. The second kappa shape index (κ2) is 3.15. The number of para-hydroxylation sites is 2. The summed E-state index contributed by atoms with van der Waals surface area (Å²) in [7, 11) is -5.07. The van der Waals surface area contributed by atoms with Gasteiger partial charge in [-0.05, 0) is 12.1 Å². The Morgan fingerprint density at radius 1 is 1.33 bits per heavy atom. The van der Waals surface area contributed by atoms with Gasteiger partial charge in [0, 0.05) is 0 Å². The zero-order valence-corrected chi connectivity index (χ0v) is 6.73. The maximum atomic E-state index is 10.1. The molecule has 0 fully saturated rings. The van der Waals surface area contributed by atoms with Gasteiger partial charge in [0.15, 0.2) is 11.5 Å². The molecule has 0 radical (unpaired) electrons. The van der Waals surface area contributed by atoms with Crippen molar-refractivity contribution >= 4 is 7.82 Å². The van der Waals surface area contributed by atoms with Gasteiger partial charge in [0.25, 0.3) is 0 Å². The zero-order valence-electron chi connectivity index (χ0n) is 5.84. The van der Waals surface area contributed by atoms with Crippen LogP contribution in [0.5, 0.6) is 11.5 Å². The van der Waals surface area contributed by atoms with Gasteiger partial charge in [-0.2, -0.15) is 0 Å². The SMILES string of the molecule is O=P([O-])([O-])Oc1ccccc1O. The van der Waals surface area contributed by atoms with Gasteiger partial charge in [0.1, 0.15) is 7.82 Å². The van der Waals surface area contributed by atoms with Gasteiger partial charge in [0.05, 0.1) is 0 Å². The fourth-order valence-corrected chi connectivity index (χ4v) is 1.05. The molecule has 0 saturated heterocycles. The fourth-order valence-electron chi connectivity index (χ4n) is 0.655. The standard InChI is InChI=1S/C6H7O5P/c7-5-3-1-2-4-6(5)11-12(8,9)10/h1-4,7H,(H2,8,9,10)/p-2. The fraction of sp³-hybridized carbons (Fsp3) is 0. The second-order valence-electron chi connectivity index (χ2n) is 2.01. The van der Waals surface area contributed by atoms with Crippen molar-refractivity contribution in [3.63, 3.8) is 0 Å². The van der Waals surface area contributed by atoms with E-state index in [1.807, 2.05) is 0 Å². The van der Waals surface area contributed by atoms with E-state index in [1.165, 1.54) is 24.3 Å². The van der Waals surface area contributed by atoms with Crippen molar-refractivity contribution in [3.8, 4) is 11.5 Å². The Hall–Kier alpha value is -1.03. The number of hydrogen-bond donors (Lipinski definition) is 1. The van der Waals surface area contributed by atoms with Crippen molar-refractivity contribution in [1.82, 2.24) is 0 Å². The number of hydrogen-bond acceptors (Lipinski definition) is 5. The van der Waals surface area contributed by atoms with Crippen LogP contribution >= 0.6 is 7.82 Å². The van der Waals surface area contributed by atoms with Crippen LogP contribution in [0.1, 0.15) is 0 Å². The van der Waals surface area contributed by atoms with Crippen LogP contribution in [0.25, 0.3) is 0 Å². The smallest absolute Gasteiger partial charge is 0.165 e. The molecule has 0 spiro atoms. The number of rotatable bonds is 2. The average Bonchev–Trinajstić information content (AvgIpc) is 1.91. The molecule has 12 heavy (non-hydrogen) atoms. The predicted octanol–water partition coefficient (Wildman–Crippen LogP) is -0.400. The largest absolute Gasteiger partial charge is 0.780 e. The Balaban J connectivity index is 2.90. The molecular weight excluding hydrogens is 183 g/mol. The Morgan fingerprint density at radius 2 is 1.92 bits per heavy atom. The topological polar surface area (TPSA) is 92.7 Å². The maximum absolute atomic E-state index is 10.1. The first-order chi connectivity index (χ1) is 5.49. The van der Waals surface area contributed by atoms with E-state index in [-0.39, 0.29) is 11.5 Å². The lowest BCUT2D eigenvalue weighted by Gasteiger charge is -2.29. The van der Waals surface area contributed by atoms with Crippen molar-refractivity contribution in [2.75, 3.05) is 0 Å². The van der Waals surface area contributed by atoms with E-state index in [1.54, 1.807) is 0 Å². The van der Waals surface area contributed by atoms with Crippen molar-refractivity contribution in [3.05, 3.63) is 24.3 Å². The second-order valence-corrected chi connectivity index (χ2v) is 3.08. The minimum absolute atomic E-state index is 0.356. The van der Waals surface area contributed by atoms with Crippen LogP contribution in [0.3, 0.4) is 0 Å². The first-order valence-corrected chi connectivity index (χ1v) is 4.45. The Bertz CT molecular complexity index is 317. The van der Waals surface area contributed by atoms with Crippen LogP contribution in [-0.2, 0) is 4.57 Å². The number of benzene rings is 1. The molecule has 1 aromatic rings. The first kappa shape index (κ1) is 9.06. The van der Waals surface area contributed by atoms with Crippen LogP contribution in [0.2, 0.25) is 0 Å². The average molecular weight is 188 g/mol. The molecule has 1 aromatic carbocycles. The number of aromatic hydroxyl groups is 1. The summed E-state index contributed by atoms with van der Waals surface area (Å²) in [6, 6.07) is 5.30. The summed E-state index contributed by atoms with van der Waals surface area (Å²) in [5, 5.41) is 8.95. The third-order valence-corrected chi connectivity index (χ3v) is 1.50. The number of phosphoric acid groups is 1. The molecule has 0 heterocycles. The van der Waals surface area contributed by atoms with Crippen LogP contribution in [0, 0.1) is 0 Å². The summed E-state index contributed by atoms with van der Waals surface area (Å²) < 4.78 is 14.0. The number of phenolic OH excluding ortho intramolecular Hbond substituents is 1. The van der Waals surface area contributed by atoms with E-state index in [4.69, 9.17) is 5.11 Å². The van der Waals surface area contributed by atoms with Gasteiger partial charge in [-0.25, -0.2) is 0 Å². The quantitative estimate of drug-likeness (QED) is 0.637. The molecule has 5 nitrogen and oxygen atoms in total.